The zero-order valence-corrected chi connectivity index (χ0v) is 17.6. The Balaban J connectivity index is 1.62. The molecule has 6 heteroatoms. The highest BCUT2D eigenvalue weighted by atomic mass is 16.6. The van der Waals surface area contributed by atoms with E-state index in [-0.39, 0.29) is 17.8 Å². The fourth-order valence-electron chi connectivity index (χ4n) is 5.16. The highest BCUT2D eigenvalue weighted by Crippen LogP contribution is 2.52. The van der Waals surface area contributed by atoms with Crippen molar-refractivity contribution in [3.8, 4) is 0 Å². The van der Waals surface area contributed by atoms with Gasteiger partial charge in [0.15, 0.2) is 6.10 Å². The van der Waals surface area contributed by atoms with E-state index in [0.717, 1.165) is 16.7 Å². The first-order valence-electron chi connectivity index (χ1n) is 10.4. The average Bonchev–Trinajstić information content (AvgIpc) is 3.15. The van der Waals surface area contributed by atoms with Crippen LogP contribution in [0.2, 0.25) is 0 Å². The number of carbonyl (C=O) groups is 2. The molecule has 4 rings (SSSR count). The third-order valence-electron chi connectivity index (χ3n) is 6.90. The molecule has 0 spiro atoms. The van der Waals surface area contributed by atoms with Crippen LogP contribution in [0.25, 0.3) is 0 Å². The molecule has 30 heavy (non-hydrogen) atoms. The van der Waals surface area contributed by atoms with Gasteiger partial charge in [-0.25, -0.2) is 9.59 Å². The van der Waals surface area contributed by atoms with Crippen LogP contribution in [0, 0.1) is 11.8 Å². The van der Waals surface area contributed by atoms with E-state index >= 15 is 0 Å². The van der Waals surface area contributed by atoms with Crippen molar-refractivity contribution >= 4 is 11.9 Å². The Morgan fingerprint density at radius 2 is 2.03 bits per heavy atom. The molecule has 0 amide bonds. The molecule has 6 atom stereocenters. The van der Waals surface area contributed by atoms with Crippen molar-refractivity contribution in [3.63, 3.8) is 0 Å². The lowest BCUT2D eigenvalue weighted by Gasteiger charge is -2.31. The Labute approximate surface area is 176 Å². The molecule has 0 unspecified atom stereocenters. The molecule has 2 fully saturated rings. The summed E-state index contributed by atoms with van der Waals surface area (Å²) in [6.07, 6.45) is -0.155. The molecule has 3 aliphatic rings. The molecule has 1 saturated carbocycles. The third-order valence-corrected chi connectivity index (χ3v) is 6.90. The van der Waals surface area contributed by atoms with Crippen LogP contribution in [0.3, 0.4) is 0 Å². The van der Waals surface area contributed by atoms with E-state index in [1.807, 2.05) is 44.2 Å². The number of carbonyl (C=O) groups excluding carboxylic acids is 2. The highest BCUT2D eigenvalue weighted by molar-refractivity contribution is 5.91. The lowest BCUT2D eigenvalue weighted by atomic mass is 9.82. The first-order chi connectivity index (χ1) is 14.2. The van der Waals surface area contributed by atoms with Gasteiger partial charge in [-0.3, -0.25) is 0 Å². The molecule has 1 aromatic rings. The molecule has 2 aliphatic carbocycles. The van der Waals surface area contributed by atoms with E-state index in [4.69, 9.17) is 14.2 Å². The second kappa shape index (κ2) is 7.67. The van der Waals surface area contributed by atoms with Gasteiger partial charge in [-0.2, -0.15) is 0 Å². The van der Waals surface area contributed by atoms with Gasteiger partial charge in [-0.1, -0.05) is 36.9 Å². The Kier molecular flexibility index (Phi) is 5.32. The topological polar surface area (TPSA) is 82.1 Å². The minimum absolute atomic E-state index is 0.149. The number of hydrogen-bond acceptors (Lipinski definition) is 6. The van der Waals surface area contributed by atoms with Crippen LogP contribution in [-0.4, -0.2) is 42.0 Å². The zero-order chi connectivity index (χ0) is 21.6. The smallest absolute Gasteiger partial charge is 0.340 e. The number of methoxy groups -OCH3 is 1. The van der Waals surface area contributed by atoms with Gasteiger partial charge in [0.1, 0.15) is 12.2 Å². The minimum atomic E-state index is -0.977. The zero-order valence-electron chi connectivity index (χ0n) is 17.6. The Hall–Kier alpha value is -2.44. The van der Waals surface area contributed by atoms with E-state index in [9.17, 15) is 14.7 Å². The normalized spacial score (nSPS) is 34.1. The van der Waals surface area contributed by atoms with Gasteiger partial charge in [-0.05, 0) is 49.8 Å². The average molecular weight is 412 g/mol. The van der Waals surface area contributed by atoms with Crippen LogP contribution in [0.15, 0.2) is 53.6 Å². The molecule has 0 radical (unpaired) electrons. The van der Waals surface area contributed by atoms with Gasteiger partial charge in [0.25, 0.3) is 0 Å². The maximum absolute atomic E-state index is 12.9. The SMILES string of the molecule is C=C1C(=O)O[C@@H]2C3=C(C)[C@H](OC(=O)[C@H](OC)c4ccccc4)C[C@H]3[C@](C)(O)CC[C@@H]12. The van der Waals surface area contributed by atoms with E-state index < -0.39 is 29.9 Å². The van der Waals surface area contributed by atoms with Crippen LogP contribution in [0.1, 0.15) is 44.8 Å². The molecular weight excluding hydrogens is 384 g/mol. The second-order valence-electron chi connectivity index (χ2n) is 8.73. The minimum Gasteiger partial charge on any atom is -0.456 e. The summed E-state index contributed by atoms with van der Waals surface area (Å²) in [6, 6.07) is 9.19. The maximum Gasteiger partial charge on any atom is 0.340 e. The predicted octanol–water partition coefficient (Wildman–Crippen LogP) is 3.26. The number of hydrogen-bond donors (Lipinski definition) is 1. The summed E-state index contributed by atoms with van der Waals surface area (Å²) in [4.78, 5) is 25.1. The van der Waals surface area contributed by atoms with Crippen molar-refractivity contribution in [2.75, 3.05) is 7.11 Å². The predicted molar refractivity (Wildman–Crippen MR) is 109 cm³/mol. The first kappa shape index (κ1) is 20.8. The van der Waals surface area contributed by atoms with Crippen LogP contribution in [0.4, 0.5) is 0 Å². The maximum atomic E-state index is 12.9. The van der Waals surface area contributed by atoms with Crippen molar-refractivity contribution < 1.29 is 28.9 Å². The molecule has 0 aromatic heterocycles. The molecular formula is C24H28O6. The van der Waals surface area contributed by atoms with Crippen molar-refractivity contribution in [1.29, 1.82) is 0 Å². The van der Waals surface area contributed by atoms with E-state index in [0.29, 0.717) is 24.8 Å². The summed E-state index contributed by atoms with van der Waals surface area (Å²) in [7, 11) is 1.47. The fourth-order valence-corrected chi connectivity index (χ4v) is 5.16. The molecule has 1 N–H and O–H groups in total. The molecule has 1 aromatic carbocycles. The van der Waals surface area contributed by atoms with Crippen molar-refractivity contribution in [2.45, 2.75) is 57.0 Å². The number of ether oxygens (including phenoxy) is 3. The number of aliphatic hydroxyl groups is 1. The summed E-state index contributed by atoms with van der Waals surface area (Å²) in [5.74, 6) is -1.25. The van der Waals surface area contributed by atoms with E-state index in [1.54, 1.807) is 0 Å². The summed E-state index contributed by atoms with van der Waals surface area (Å²) < 4.78 is 16.9. The summed E-state index contributed by atoms with van der Waals surface area (Å²) in [5.41, 5.74) is 1.92. The van der Waals surface area contributed by atoms with Gasteiger partial charge in [0.2, 0.25) is 0 Å². The molecule has 1 heterocycles. The number of esters is 2. The van der Waals surface area contributed by atoms with Gasteiger partial charge in [0.05, 0.1) is 5.60 Å². The lowest BCUT2D eigenvalue weighted by molar-refractivity contribution is -0.160. The quantitative estimate of drug-likeness (QED) is 0.464. The summed E-state index contributed by atoms with van der Waals surface area (Å²) in [6.45, 7) is 7.60. The Morgan fingerprint density at radius 3 is 2.70 bits per heavy atom. The van der Waals surface area contributed by atoms with Crippen LogP contribution in [0.5, 0.6) is 0 Å². The van der Waals surface area contributed by atoms with Crippen LogP contribution in [-0.2, 0) is 23.8 Å². The van der Waals surface area contributed by atoms with Crippen molar-refractivity contribution in [2.24, 2.45) is 11.8 Å². The second-order valence-corrected chi connectivity index (χ2v) is 8.73. The first-order valence-corrected chi connectivity index (χ1v) is 10.4. The van der Waals surface area contributed by atoms with E-state index in [1.165, 1.54) is 7.11 Å². The molecule has 0 bridgehead atoms. The standard InChI is InChI=1S/C24H28O6/c1-13-16-10-11-24(3,27)17-12-18(14(2)19(17)21(16)30-22(13)25)29-23(26)20(28-4)15-8-6-5-7-9-15/h5-9,16-18,20-21,27H,1,10-12H2,2-4H3/t16-,17+,18+,20+,21-,24+/m0/s1. The number of fused-ring (bicyclic) bond motifs is 3. The monoisotopic (exact) mass is 412 g/mol. The summed E-state index contributed by atoms with van der Waals surface area (Å²) >= 11 is 0. The molecule has 6 nitrogen and oxygen atoms in total. The van der Waals surface area contributed by atoms with Crippen LogP contribution < -0.4 is 0 Å². The van der Waals surface area contributed by atoms with Crippen molar-refractivity contribution in [3.05, 3.63) is 59.2 Å². The van der Waals surface area contributed by atoms with E-state index in [2.05, 4.69) is 6.58 Å². The molecule has 1 aliphatic heterocycles. The Bertz CT molecular complexity index is 900. The highest BCUT2D eigenvalue weighted by Gasteiger charge is 2.54. The van der Waals surface area contributed by atoms with Crippen LogP contribution >= 0.6 is 0 Å². The van der Waals surface area contributed by atoms with Gasteiger partial charge in [0, 0.05) is 24.5 Å². The fraction of sp³-hybridized carbons (Fsp3) is 0.500. The van der Waals surface area contributed by atoms with Crippen molar-refractivity contribution in [1.82, 2.24) is 0 Å². The summed E-state index contributed by atoms with van der Waals surface area (Å²) in [5, 5.41) is 11.2. The largest absolute Gasteiger partial charge is 0.456 e. The third kappa shape index (κ3) is 3.38. The van der Waals surface area contributed by atoms with Gasteiger partial charge >= 0.3 is 11.9 Å². The Morgan fingerprint density at radius 1 is 1.33 bits per heavy atom. The van der Waals surface area contributed by atoms with Gasteiger partial charge < -0.3 is 19.3 Å². The lowest BCUT2D eigenvalue weighted by Crippen LogP contribution is -2.36. The molecule has 1 saturated heterocycles. The number of benzene rings is 1. The number of rotatable bonds is 4. The van der Waals surface area contributed by atoms with Gasteiger partial charge in [-0.15, -0.1) is 0 Å². The molecule has 160 valence electrons.